The summed E-state index contributed by atoms with van der Waals surface area (Å²) in [6.45, 7) is 4.19. The maximum Gasteiger partial charge on any atom is 0.261 e. The molecule has 5 heteroatoms. The minimum absolute atomic E-state index is 0.0652. The van der Waals surface area contributed by atoms with Crippen LogP contribution in [-0.2, 0) is 16.1 Å². The molecule has 0 spiro atoms. The Kier molecular flexibility index (Phi) is 7.89. The average molecular weight is 409 g/mol. The molecule has 1 fully saturated rings. The molecule has 2 amide bonds. The number of para-hydroxylation sites is 1. The molecule has 0 radical (unpaired) electrons. The summed E-state index contributed by atoms with van der Waals surface area (Å²) in [5, 5.41) is 3.16. The number of amides is 2. The van der Waals surface area contributed by atoms with Crippen molar-refractivity contribution < 1.29 is 14.3 Å². The molecule has 2 aromatic rings. The summed E-state index contributed by atoms with van der Waals surface area (Å²) in [5.74, 6) is 0.439. The van der Waals surface area contributed by atoms with E-state index in [0.29, 0.717) is 18.7 Å². The standard InChI is InChI=1S/C25H32N2O3/c1-3-22(25(29)26-21-14-8-9-15-21)27(17-20-12-5-4-6-13-20)24(28)18-30-23-16-10-7-11-19(23)2/h4-7,10-13,16,21-22H,3,8-9,14-15,17-18H2,1-2H3,(H,26,29)/t22-/m0/s1. The molecule has 1 aliphatic rings. The Morgan fingerprint density at radius 1 is 1.07 bits per heavy atom. The average Bonchev–Trinajstić information content (AvgIpc) is 3.26. The zero-order valence-corrected chi connectivity index (χ0v) is 18.0. The molecule has 160 valence electrons. The van der Waals surface area contributed by atoms with Crippen LogP contribution >= 0.6 is 0 Å². The van der Waals surface area contributed by atoms with E-state index in [2.05, 4.69) is 5.32 Å². The van der Waals surface area contributed by atoms with Gasteiger partial charge >= 0.3 is 0 Å². The smallest absolute Gasteiger partial charge is 0.261 e. The Morgan fingerprint density at radius 3 is 2.40 bits per heavy atom. The van der Waals surface area contributed by atoms with Crippen LogP contribution in [0.15, 0.2) is 54.6 Å². The molecule has 0 bridgehead atoms. The van der Waals surface area contributed by atoms with Crippen molar-refractivity contribution in [3.8, 4) is 5.75 Å². The Labute approximate surface area is 179 Å². The van der Waals surface area contributed by atoms with Gasteiger partial charge in [-0.3, -0.25) is 9.59 Å². The van der Waals surface area contributed by atoms with E-state index >= 15 is 0 Å². The van der Waals surface area contributed by atoms with Crippen molar-refractivity contribution in [3.63, 3.8) is 0 Å². The zero-order chi connectivity index (χ0) is 21.3. The first-order valence-corrected chi connectivity index (χ1v) is 10.9. The minimum Gasteiger partial charge on any atom is -0.484 e. The Balaban J connectivity index is 1.74. The van der Waals surface area contributed by atoms with Crippen LogP contribution in [0.25, 0.3) is 0 Å². The summed E-state index contributed by atoms with van der Waals surface area (Å²) in [5.41, 5.74) is 1.97. The third-order valence-electron chi connectivity index (χ3n) is 5.73. The van der Waals surface area contributed by atoms with E-state index in [0.717, 1.165) is 36.8 Å². The van der Waals surface area contributed by atoms with E-state index in [-0.39, 0.29) is 24.5 Å². The van der Waals surface area contributed by atoms with Gasteiger partial charge in [-0.05, 0) is 43.4 Å². The molecule has 1 aliphatic carbocycles. The lowest BCUT2D eigenvalue weighted by Crippen LogP contribution is -2.52. The van der Waals surface area contributed by atoms with Crippen molar-refractivity contribution in [1.29, 1.82) is 0 Å². The maximum absolute atomic E-state index is 13.2. The number of hydrogen-bond acceptors (Lipinski definition) is 3. The van der Waals surface area contributed by atoms with Gasteiger partial charge in [-0.15, -0.1) is 0 Å². The van der Waals surface area contributed by atoms with Crippen LogP contribution in [0.3, 0.4) is 0 Å². The van der Waals surface area contributed by atoms with Crippen molar-refractivity contribution in [2.45, 2.75) is 64.6 Å². The topological polar surface area (TPSA) is 58.6 Å². The molecule has 0 aromatic heterocycles. The first kappa shape index (κ1) is 21.9. The van der Waals surface area contributed by atoms with E-state index in [1.807, 2.05) is 68.4 Å². The largest absolute Gasteiger partial charge is 0.484 e. The summed E-state index contributed by atoms with van der Waals surface area (Å²) in [6, 6.07) is 17.1. The number of nitrogens with zero attached hydrogens (tertiary/aromatic N) is 1. The lowest BCUT2D eigenvalue weighted by atomic mass is 10.1. The SMILES string of the molecule is CC[C@@H](C(=O)NC1CCCC1)N(Cc1ccccc1)C(=O)COc1ccccc1C. The van der Waals surface area contributed by atoms with Crippen LogP contribution < -0.4 is 10.1 Å². The van der Waals surface area contributed by atoms with Gasteiger partial charge in [-0.25, -0.2) is 0 Å². The molecule has 1 atom stereocenters. The Morgan fingerprint density at radius 2 is 1.73 bits per heavy atom. The number of ether oxygens (including phenoxy) is 1. The first-order valence-electron chi connectivity index (χ1n) is 10.9. The Hall–Kier alpha value is -2.82. The lowest BCUT2D eigenvalue weighted by molar-refractivity contribution is -0.143. The molecule has 30 heavy (non-hydrogen) atoms. The Bertz CT molecular complexity index is 831. The molecule has 0 unspecified atom stereocenters. The molecule has 0 aliphatic heterocycles. The van der Waals surface area contributed by atoms with Gasteiger partial charge in [0.15, 0.2) is 6.61 Å². The predicted octanol–water partition coefficient (Wildman–Crippen LogP) is 4.24. The highest BCUT2D eigenvalue weighted by molar-refractivity contribution is 5.88. The third kappa shape index (κ3) is 5.85. The van der Waals surface area contributed by atoms with Gasteiger partial charge in [0.25, 0.3) is 5.91 Å². The van der Waals surface area contributed by atoms with Crippen LogP contribution in [0.2, 0.25) is 0 Å². The number of hydrogen-bond donors (Lipinski definition) is 1. The highest BCUT2D eigenvalue weighted by atomic mass is 16.5. The van der Waals surface area contributed by atoms with E-state index in [1.54, 1.807) is 4.90 Å². The van der Waals surface area contributed by atoms with Crippen molar-refractivity contribution >= 4 is 11.8 Å². The lowest BCUT2D eigenvalue weighted by Gasteiger charge is -2.31. The molecule has 5 nitrogen and oxygen atoms in total. The summed E-state index contributed by atoms with van der Waals surface area (Å²) in [6.07, 6.45) is 4.90. The normalized spacial score (nSPS) is 14.9. The number of carbonyl (C=O) groups excluding carboxylic acids is 2. The van der Waals surface area contributed by atoms with Gasteiger partial charge in [0, 0.05) is 12.6 Å². The molecule has 0 heterocycles. The monoisotopic (exact) mass is 408 g/mol. The highest BCUT2D eigenvalue weighted by Crippen LogP contribution is 2.20. The van der Waals surface area contributed by atoms with E-state index in [4.69, 9.17) is 4.74 Å². The fourth-order valence-corrected chi connectivity index (χ4v) is 4.01. The molecular formula is C25H32N2O3. The molecular weight excluding hydrogens is 376 g/mol. The summed E-state index contributed by atoms with van der Waals surface area (Å²) in [7, 11) is 0. The van der Waals surface area contributed by atoms with Gasteiger partial charge in [0.05, 0.1) is 0 Å². The van der Waals surface area contributed by atoms with Crippen LogP contribution in [0.5, 0.6) is 5.75 Å². The zero-order valence-electron chi connectivity index (χ0n) is 18.0. The number of aryl methyl sites for hydroxylation is 1. The number of nitrogens with one attached hydrogen (secondary N) is 1. The van der Waals surface area contributed by atoms with Gasteiger partial charge in [0.2, 0.25) is 5.91 Å². The van der Waals surface area contributed by atoms with E-state index in [1.165, 1.54) is 0 Å². The predicted molar refractivity (Wildman–Crippen MR) is 118 cm³/mol. The second kappa shape index (κ2) is 10.8. The maximum atomic E-state index is 13.2. The van der Waals surface area contributed by atoms with Gasteiger partial charge < -0.3 is 15.0 Å². The van der Waals surface area contributed by atoms with E-state index < -0.39 is 6.04 Å². The first-order chi connectivity index (χ1) is 14.6. The molecule has 3 rings (SSSR count). The molecule has 2 aromatic carbocycles. The second-order valence-corrected chi connectivity index (χ2v) is 7.98. The van der Waals surface area contributed by atoms with Crippen molar-refractivity contribution in [3.05, 3.63) is 65.7 Å². The van der Waals surface area contributed by atoms with Crippen molar-refractivity contribution in [2.24, 2.45) is 0 Å². The van der Waals surface area contributed by atoms with Crippen LogP contribution in [0, 0.1) is 6.92 Å². The number of rotatable bonds is 9. The molecule has 1 saturated carbocycles. The van der Waals surface area contributed by atoms with Gasteiger partial charge in [0.1, 0.15) is 11.8 Å². The number of benzene rings is 2. The minimum atomic E-state index is -0.515. The van der Waals surface area contributed by atoms with Gasteiger partial charge in [-0.1, -0.05) is 68.3 Å². The van der Waals surface area contributed by atoms with E-state index in [9.17, 15) is 9.59 Å². The fraction of sp³-hybridized carbons (Fsp3) is 0.440. The summed E-state index contributed by atoms with van der Waals surface area (Å²) in [4.78, 5) is 27.9. The third-order valence-corrected chi connectivity index (χ3v) is 5.73. The van der Waals surface area contributed by atoms with Crippen molar-refractivity contribution in [1.82, 2.24) is 10.2 Å². The molecule has 0 saturated heterocycles. The van der Waals surface area contributed by atoms with Crippen LogP contribution in [0.1, 0.15) is 50.2 Å². The summed E-state index contributed by atoms with van der Waals surface area (Å²) >= 11 is 0. The fourth-order valence-electron chi connectivity index (χ4n) is 4.01. The highest BCUT2D eigenvalue weighted by Gasteiger charge is 2.30. The second-order valence-electron chi connectivity index (χ2n) is 7.98. The molecule has 1 N–H and O–H groups in total. The van der Waals surface area contributed by atoms with Crippen LogP contribution in [0.4, 0.5) is 0 Å². The van der Waals surface area contributed by atoms with Gasteiger partial charge in [-0.2, -0.15) is 0 Å². The number of carbonyl (C=O) groups is 2. The summed E-state index contributed by atoms with van der Waals surface area (Å²) < 4.78 is 5.80. The van der Waals surface area contributed by atoms with Crippen LogP contribution in [-0.4, -0.2) is 35.4 Å². The quantitative estimate of drug-likeness (QED) is 0.675. The van der Waals surface area contributed by atoms with Crippen molar-refractivity contribution in [2.75, 3.05) is 6.61 Å².